The lowest BCUT2D eigenvalue weighted by molar-refractivity contribution is -0.119. The number of halogens is 1. The van der Waals surface area contributed by atoms with Crippen molar-refractivity contribution in [1.82, 2.24) is 0 Å². The minimum Gasteiger partial charge on any atom is -0.327 e. The van der Waals surface area contributed by atoms with E-state index in [1.165, 1.54) is 12.0 Å². The summed E-state index contributed by atoms with van der Waals surface area (Å²) in [6, 6.07) is 8.75. The molecule has 0 saturated heterocycles. The van der Waals surface area contributed by atoms with Gasteiger partial charge >= 0.3 is 0 Å². The second kappa shape index (κ2) is 6.15. The number of anilines is 1. The molecule has 1 amide bonds. The SMILES string of the molecule is CC1Cc2ccccc2N1C(=O)C[C@@H]1CCC[C@H]1N.Cl. The number of hydrogen-bond donors (Lipinski definition) is 1. The highest BCUT2D eigenvalue weighted by molar-refractivity contribution is 5.96. The van der Waals surface area contributed by atoms with E-state index in [0.29, 0.717) is 12.3 Å². The van der Waals surface area contributed by atoms with Crippen molar-refractivity contribution in [3.63, 3.8) is 0 Å². The minimum atomic E-state index is 0. The van der Waals surface area contributed by atoms with Crippen LogP contribution < -0.4 is 10.6 Å². The molecule has 0 bridgehead atoms. The number of benzene rings is 1. The van der Waals surface area contributed by atoms with Crippen molar-refractivity contribution in [2.45, 2.75) is 51.1 Å². The molecule has 110 valence electrons. The van der Waals surface area contributed by atoms with Gasteiger partial charge in [-0.1, -0.05) is 24.6 Å². The highest BCUT2D eigenvalue weighted by Crippen LogP contribution is 2.34. The molecule has 1 heterocycles. The van der Waals surface area contributed by atoms with Gasteiger partial charge in [0.1, 0.15) is 0 Å². The Kier molecular flexibility index (Phi) is 4.71. The molecule has 4 heteroatoms. The van der Waals surface area contributed by atoms with Crippen LogP contribution in [-0.4, -0.2) is 18.0 Å². The van der Waals surface area contributed by atoms with Crippen molar-refractivity contribution < 1.29 is 4.79 Å². The van der Waals surface area contributed by atoms with E-state index in [0.717, 1.165) is 24.9 Å². The molecule has 3 rings (SSSR count). The van der Waals surface area contributed by atoms with Crippen LogP contribution in [0.25, 0.3) is 0 Å². The molecule has 1 aromatic carbocycles. The Balaban J connectivity index is 0.00000147. The monoisotopic (exact) mass is 294 g/mol. The van der Waals surface area contributed by atoms with Crippen LogP contribution in [0.2, 0.25) is 0 Å². The van der Waals surface area contributed by atoms with Crippen molar-refractivity contribution in [1.29, 1.82) is 0 Å². The topological polar surface area (TPSA) is 46.3 Å². The van der Waals surface area contributed by atoms with E-state index in [1.807, 2.05) is 17.0 Å². The number of carbonyl (C=O) groups excluding carboxylic acids is 1. The molecule has 1 aliphatic carbocycles. The number of amides is 1. The molecule has 1 aromatic rings. The zero-order valence-corrected chi connectivity index (χ0v) is 12.7. The molecule has 1 aliphatic heterocycles. The van der Waals surface area contributed by atoms with Gasteiger partial charge < -0.3 is 10.6 Å². The van der Waals surface area contributed by atoms with Gasteiger partial charge in [0.05, 0.1) is 0 Å². The third-order valence-electron chi connectivity index (χ3n) is 4.63. The Hall–Kier alpha value is -1.06. The average molecular weight is 295 g/mol. The molecule has 2 aliphatic rings. The Morgan fingerprint density at radius 3 is 2.80 bits per heavy atom. The van der Waals surface area contributed by atoms with Crippen molar-refractivity contribution in [2.75, 3.05) is 4.90 Å². The van der Waals surface area contributed by atoms with Crippen LogP contribution >= 0.6 is 12.4 Å². The number of nitrogens with zero attached hydrogens (tertiary/aromatic N) is 1. The molecule has 3 nitrogen and oxygen atoms in total. The molecule has 1 saturated carbocycles. The van der Waals surface area contributed by atoms with Crippen molar-refractivity contribution in [3.05, 3.63) is 29.8 Å². The Bertz CT molecular complexity index is 491. The molecular weight excluding hydrogens is 272 g/mol. The van der Waals surface area contributed by atoms with Gasteiger partial charge in [-0.2, -0.15) is 0 Å². The Morgan fingerprint density at radius 1 is 1.35 bits per heavy atom. The first-order valence-electron chi connectivity index (χ1n) is 7.32. The average Bonchev–Trinajstić information content (AvgIpc) is 2.92. The molecular formula is C16H23ClN2O. The van der Waals surface area contributed by atoms with Crippen LogP contribution in [0.4, 0.5) is 5.69 Å². The lowest BCUT2D eigenvalue weighted by atomic mass is 9.99. The molecule has 1 fully saturated rings. The molecule has 0 spiro atoms. The van der Waals surface area contributed by atoms with Crippen LogP contribution in [0.15, 0.2) is 24.3 Å². The lowest BCUT2D eigenvalue weighted by Crippen LogP contribution is -2.38. The fourth-order valence-electron chi connectivity index (χ4n) is 3.59. The first-order valence-corrected chi connectivity index (χ1v) is 7.32. The number of rotatable bonds is 2. The van der Waals surface area contributed by atoms with Crippen LogP contribution in [0.3, 0.4) is 0 Å². The fourth-order valence-corrected chi connectivity index (χ4v) is 3.59. The third kappa shape index (κ3) is 2.70. The van der Waals surface area contributed by atoms with Crippen LogP contribution in [-0.2, 0) is 11.2 Å². The van der Waals surface area contributed by atoms with Gasteiger partial charge in [-0.3, -0.25) is 4.79 Å². The van der Waals surface area contributed by atoms with E-state index in [4.69, 9.17) is 5.73 Å². The number of para-hydroxylation sites is 1. The highest BCUT2D eigenvalue weighted by atomic mass is 35.5. The minimum absolute atomic E-state index is 0. The summed E-state index contributed by atoms with van der Waals surface area (Å²) >= 11 is 0. The van der Waals surface area contributed by atoms with Gasteiger partial charge in [-0.25, -0.2) is 0 Å². The van der Waals surface area contributed by atoms with Gasteiger partial charge in [-0.15, -0.1) is 12.4 Å². The number of carbonyl (C=O) groups is 1. The van der Waals surface area contributed by atoms with Crippen molar-refractivity contribution in [2.24, 2.45) is 11.7 Å². The number of hydrogen-bond acceptors (Lipinski definition) is 2. The summed E-state index contributed by atoms with van der Waals surface area (Å²) in [5.41, 5.74) is 8.48. The first-order chi connectivity index (χ1) is 9.16. The number of fused-ring (bicyclic) bond motifs is 1. The predicted octanol–water partition coefficient (Wildman–Crippen LogP) is 2.90. The van der Waals surface area contributed by atoms with E-state index in [2.05, 4.69) is 19.1 Å². The summed E-state index contributed by atoms with van der Waals surface area (Å²) in [7, 11) is 0. The maximum atomic E-state index is 12.6. The molecule has 1 unspecified atom stereocenters. The van der Waals surface area contributed by atoms with Crippen LogP contribution in [0.1, 0.15) is 38.2 Å². The Labute approximate surface area is 126 Å². The third-order valence-corrected chi connectivity index (χ3v) is 4.63. The summed E-state index contributed by atoms with van der Waals surface area (Å²) in [4.78, 5) is 14.6. The molecule has 20 heavy (non-hydrogen) atoms. The largest absolute Gasteiger partial charge is 0.327 e. The summed E-state index contributed by atoms with van der Waals surface area (Å²) in [5.74, 6) is 0.632. The van der Waals surface area contributed by atoms with E-state index in [9.17, 15) is 4.79 Å². The second-order valence-corrected chi connectivity index (χ2v) is 6.00. The molecule has 3 atom stereocenters. The Morgan fingerprint density at radius 2 is 2.10 bits per heavy atom. The molecule has 0 aromatic heterocycles. The van der Waals surface area contributed by atoms with E-state index in [-0.39, 0.29) is 30.4 Å². The fraction of sp³-hybridized carbons (Fsp3) is 0.562. The smallest absolute Gasteiger partial charge is 0.227 e. The molecule has 2 N–H and O–H groups in total. The van der Waals surface area contributed by atoms with Crippen LogP contribution in [0.5, 0.6) is 0 Å². The first kappa shape index (κ1) is 15.3. The molecule has 0 radical (unpaired) electrons. The summed E-state index contributed by atoms with van der Waals surface area (Å²) < 4.78 is 0. The maximum absolute atomic E-state index is 12.6. The maximum Gasteiger partial charge on any atom is 0.227 e. The summed E-state index contributed by atoms with van der Waals surface area (Å²) in [5, 5.41) is 0. The van der Waals surface area contributed by atoms with E-state index < -0.39 is 0 Å². The number of nitrogens with two attached hydrogens (primary N) is 1. The summed E-state index contributed by atoms with van der Waals surface area (Å²) in [6.45, 7) is 2.13. The van der Waals surface area contributed by atoms with Gasteiger partial charge in [-0.05, 0) is 43.7 Å². The van der Waals surface area contributed by atoms with E-state index in [1.54, 1.807) is 0 Å². The quantitative estimate of drug-likeness (QED) is 0.911. The highest BCUT2D eigenvalue weighted by Gasteiger charge is 2.33. The van der Waals surface area contributed by atoms with Crippen molar-refractivity contribution >= 4 is 24.0 Å². The van der Waals surface area contributed by atoms with Gasteiger partial charge in [0, 0.05) is 24.2 Å². The van der Waals surface area contributed by atoms with Gasteiger partial charge in [0.2, 0.25) is 5.91 Å². The van der Waals surface area contributed by atoms with E-state index >= 15 is 0 Å². The lowest BCUT2D eigenvalue weighted by Gasteiger charge is -2.25. The van der Waals surface area contributed by atoms with Gasteiger partial charge in [0.15, 0.2) is 0 Å². The summed E-state index contributed by atoms with van der Waals surface area (Å²) in [6.07, 6.45) is 4.94. The zero-order valence-electron chi connectivity index (χ0n) is 11.9. The standard InChI is InChI=1S/C16H22N2O.ClH/c1-11-9-13-5-2-3-8-15(13)18(11)16(19)10-12-6-4-7-14(12)17;/h2-3,5,8,11-12,14H,4,6-7,9-10,17H2,1H3;1H/t11?,12-,14+;/m0./s1. The van der Waals surface area contributed by atoms with Gasteiger partial charge in [0.25, 0.3) is 0 Å². The van der Waals surface area contributed by atoms with Crippen LogP contribution in [0, 0.1) is 5.92 Å². The predicted molar refractivity (Wildman–Crippen MR) is 84.3 cm³/mol. The normalized spacial score (nSPS) is 28.1. The van der Waals surface area contributed by atoms with Crippen molar-refractivity contribution in [3.8, 4) is 0 Å². The zero-order chi connectivity index (χ0) is 13.4. The second-order valence-electron chi connectivity index (χ2n) is 6.00.